The molecular formula is C22H17ClN4O2. The summed E-state index contributed by atoms with van der Waals surface area (Å²) >= 11 is 5.99. The van der Waals surface area contributed by atoms with Gasteiger partial charge in [0, 0.05) is 16.0 Å². The lowest BCUT2D eigenvalue weighted by atomic mass is 10.2. The molecule has 144 valence electrons. The molecule has 0 aliphatic heterocycles. The molecule has 1 heterocycles. The number of ether oxygens (including phenoxy) is 1. The van der Waals surface area contributed by atoms with Gasteiger partial charge >= 0.3 is 0 Å². The maximum absolute atomic E-state index is 9.70. The molecule has 0 bridgehead atoms. The zero-order valence-electron chi connectivity index (χ0n) is 15.5. The van der Waals surface area contributed by atoms with Gasteiger partial charge in [0.25, 0.3) is 0 Å². The van der Waals surface area contributed by atoms with Crippen molar-refractivity contribution in [2.75, 3.05) is 12.5 Å². The number of rotatable bonds is 5. The van der Waals surface area contributed by atoms with E-state index in [-0.39, 0.29) is 5.75 Å². The lowest BCUT2D eigenvalue weighted by Gasteiger charge is -2.08. The number of benzene rings is 3. The van der Waals surface area contributed by atoms with Crippen LogP contribution < -0.4 is 10.2 Å². The summed E-state index contributed by atoms with van der Waals surface area (Å²) in [5.74, 6) is 1.62. The van der Waals surface area contributed by atoms with Crippen molar-refractivity contribution in [3.05, 3.63) is 77.3 Å². The maximum Gasteiger partial charge on any atom is 0.162 e. The molecule has 4 aromatic rings. The number of nitrogens with one attached hydrogen (secondary N) is 1. The van der Waals surface area contributed by atoms with E-state index in [0.717, 1.165) is 22.0 Å². The number of aromatic hydroxyl groups is 1. The van der Waals surface area contributed by atoms with E-state index in [2.05, 4.69) is 20.5 Å². The Kier molecular flexibility index (Phi) is 5.27. The Bertz CT molecular complexity index is 1190. The average Bonchev–Trinajstić information content (AvgIpc) is 2.75. The fraction of sp³-hybridized carbons (Fsp3) is 0.0455. The van der Waals surface area contributed by atoms with Crippen LogP contribution in [0.2, 0.25) is 5.02 Å². The third kappa shape index (κ3) is 4.12. The molecule has 29 heavy (non-hydrogen) atoms. The Balaban J connectivity index is 1.68. The van der Waals surface area contributed by atoms with Crippen LogP contribution in [0.15, 0.2) is 71.8 Å². The number of hydrazone groups is 1. The summed E-state index contributed by atoms with van der Waals surface area (Å²) in [5, 5.41) is 15.5. The number of hydrogen-bond donors (Lipinski definition) is 2. The maximum atomic E-state index is 9.70. The quantitative estimate of drug-likeness (QED) is 0.357. The van der Waals surface area contributed by atoms with Crippen LogP contribution in [0.1, 0.15) is 5.56 Å². The zero-order chi connectivity index (χ0) is 20.2. The second-order valence-electron chi connectivity index (χ2n) is 6.22. The Morgan fingerprint density at radius 3 is 2.62 bits per heavy atom. The molecule has 0 saturated heterocycles. The van der Waals surface area contributed by atoms with E-state index in [1.165, 1.54) is 7.11 Å². The minimum Gasteiger partial charge on any atom is -0.504 e. The highest BCUT2D eigenvalue weighted by atomic mass is 35.5. The van der Waals surface area contributed by atoms with E-state index in [1.54, 1.807) is 36.5 Å². The summed E-state index contributed by atoms with van der Waals surface area (Å²) in [4.78, 5) is 9.28. The molecule has 0 unspecified atom stereocenters. The predicted molar refractivity (Wildman–Crippen MR) is 116 cm³/mol. The molecule has 7 heteroatoms. The third-order valence-electron chi connectivity index (χ3n) is 4.29. The Labute approximate surface area is 172 Å². The van der Waals surface area contributed by atoms with Gasteiger partial charge in [0.1, 0.15) is 0 Å². The van der Waals surface area contributed by atoms with Crippen molar-refractivity contribution in [2.24, 2.45) is 5.10 Å². The molecule has 0 saturated carbocycles. The zero-order valence-corrected chi connectivity index (χ0v) is 16.3. The first-order chi connectivity index (χ1) is 14.1. The highest BCUT2D eigenvalue weighted by molar-refractivity contribution is 6.30. The van der Waals surface area contributed by atoms with Crippen LogP contribution >= 0.6 is 11.6 Å². The Morgan fingerprint density at radius 1 is 1.03 bits per heavy atom. The van der Waals surface area contributed by atoms with Crippen molar-refractivity contribution < 1.29 is 9.84 Å². The summed E-state index contributed by atoms with van der Waals surface area (Å²) in [6, 6.07) is 20.1. The van der Waals surface area contributed by atoms with Gasteiger partial charge in [0.15, 0.2) is 23.1 Å². The number of anilines is 1. The summed E-state index contributed by atoms with van der Waals surface area (Å²) in [6.45, 7) is 0. The lowest BCUT2D eigenvalue weighted by molar-refractivity contribution is 0.373. The number of phenols is 1. The van der Waals surface area contributed by atoms with Gasteiger partial charge < -0.3 is 9.84 Å². The fourth-order valence-corrected chi connectivity index (χ4v) is 2.96. The molecule has 3 aromatic carbocycles. The number of para-hydroxylation sites is 1. The predicted octanol–water partition coefficient (Wildman–Crippen LogP) is 5.11. The van der Waals surface area contributed by atoms with Crippen molar-refractivity contribution in [2.45, 2.75) is 0 Å². The van der Waals surface area contributed by atoms with Crippen LogP contribution in [0.3, 0.4) is 0 Å². The molecule has 2 N–H and O–H groups in total. The van der Waals surface area contributed by atoms with Gasteiger partial charge in [-0.15, -0.1) is 0 Å². The molecule has 0 atom stereocenters. The van der Waals surface area contributed by atoms with Gasteiger partial charge in [-0.05, 0) is 60.2 Å². The lowest BCUT2D eigenvalue weighted by Crippen LogP contribution is -1.99. The SMILES string of the molecule is COc1cc(C=NNc2nc(-c3ccc(Cl)cc3)nc3ccccc23)ccc1O. The number of fused-ring (bicyclic) bond motifs is 1. The number of aromatic nitrogens is 2. The van der Waals surface area contributed by atoms with E-state index >= 15 is 0 Å². The van der Waals surface area contributed by atoms with Gasteiger partial charge in [-0.25, -0.2) is 9.97 Å². The van der Waals surface area contributed by atoms with Crippen LogP contribution in [0.25, 0.3) is 22.3 Å². The monoisotopic (exact) mass is 404 g/mol. The van der Waals surface area contributed by atoms with Crippen molar-refractivity contribution in [3.8, 4) is 22.9 Å². The number of hydrogen-bond acceptors (Lipinski definition) is 6. The largest absolute Gasteiger partial charge is 0.504 e. The second kappa shape index (κ2) is 8.16. The Hall–Kier alpha value is -3.64. The first-order valence-electron chi connectivity index (χ1n) is 8.83. The first kappa shape index (κ1) is 18.7. The molecule has 0 spiro atoms. The van der Waals surface area contributed by atoms with Crippen molar-refractivity contribution >= 4 is 34.5 Å². The molecule has 0 radical (unpaired) electrons. The molecule has 1 aromatic heterocycles. The molecule has 0 aliphatic rings. The van der Waals surface area contributed by atoms with Crippen molar-refractivity contribution in [1.82, 2.24) is 9.97 Å². The summed E-state index contributed by atoms with van der Waals surface area (Å²) in [5.41, 5.74) is 5.42. The number of nitrogens with zero attached hydrogens (tertiary/aromatic N) is 3. The van der Waals surface area contributed by atoms with Crippen LogP contribution in [0, 0.1) is 0 Å². The third-order valence-corrected chi connectivity index (χ3v) is 4.55. The summed E-state index contributed by atoms with van der Waals surface area (Å²) in [7, 11) is 1.50. The summed E-state index contributed by atoms with van der Waals surface area (Å²) < 4.78 is 5.12. The first-order valence-corrected chi connectivity index (χ1v) is 9.20. The molecule has 4 rings (SSSR count). The van der Waals surface area contributed by atoms with Crippen LogP contribution in [-0.2, 0) is 0 Å². The van der Waals surface area contributed by atoms with Crippen molar-refractivity contribution in [1.29, 1.82) is 0 Å². The van der Waals surface area contributed by atoms with E-state index in [4.69, 9.17) is 16.3 Å². The smallest absolute Gasteiger partial charge is 0.162 e. The summed E-state index contributed by atoms with van der Waals surface area (Å²) in [6.07, 6.45) is 1.63. The van der Waals surface area contributed by atoms with Crippen LogP contribution in [0.4, 0.5) is 5.82 Å². The van der Waals surface area contributed by atoms with Gasteiger partial charge in [-0.1, -0.05) is 23.7 Å². The minimum absolute atomic E-state index is 0.0759. The molecule has 0 amide bonds. The van der Waals surface area contributed by atoms with Gasteiger partial charge in [-0.3, -0.25) is 5.43 Å². The number of methoxy groups -OCH3 is 1. The average molecular weight is 405 g/mol. The fourth-order valence-electron chi connectivity index (χ4n) is 2.83. The van der Waals surface area contributed by atoms with E-state index < -0.39 is 0 Å². The van der Waals surface area contributed by atoms with Crippen LogP contribution in [0.5, 0.6) is 11.5 Å². The normalized spacial score (nSPS) is 11.1. The molecule has 6 nitrogen and oxygen atoms in total. The van der Waals surface area contributed by atoms with Crippen LogP contribution in [-0.4, -0.2) is 28.4 Å². The molecule has 0 fully saturated rings. The second-order valence-corrected chi connectivity index (χ2v) is 6.66. The Morgan fingerprint density at radius 2 is 1.83 bits per heavy atom. The van der Waals surface area contributed by atoms with Gasteiger partial charge in [0.05, 0.1) is 18.8 Å². The van der Waals surface area contributed by atoms with E-state index in [9.17, 15) is 5.11 Å². The molecular weight excluding hydrogens is 388 g/mol. The standard InChI is InChI=1S/C22H17ClN4O2/c1-29-20-12-14(6-11-19(20)28)13-24-27-22-17-4-2-3-5-18(17)25-21(26-22)15-7-9-16(23)10-8-15/h2-13,28H,1H3,(H,25,26,27). The number of phenolic OH excluding ortho intramolecular Hbond substituents is 1. The topological polar surface area (TPSA) is 79.6 Å². The highest BCUT2D eigenvalue weighted by Crippen LogP contribution is 2.27. The minimum atomic E-state index is 0.0759. The van der Waals surface area contributed by atoms with Crippen molar-refractivity contribution in [3.63, 3.8) is 0 Å². The van der Waals surface area contributed by atoms with Gasteiger partial charge in [0.2, 0.25) is 0 Å². The number of halogens is 1. The highest BCUT2D eigenvalue weighted by Gasteiger charge is 2.09. The molecule has 0 aliphatic carbocycles. The van der Waals surface area contributed by atoms with E-state index in [1.807, 2.05) is 36.4 Å². The van der Waals surface area contributed by atoms with E-state index in [0.29, 0.717) is 22.4 Å². The van der Waals surface area contributed by atoms with Gasteiger partial charge in [-0.2, -0.15) is 5.10 Å².